The Morgan fingerprint density at radius 2 is 2.24 bits per heavy atom. The Morgan fingerprint density at radius 3 is 2.90 bits per heavy atom. The molecule has 0 bridgehead atoms. The Kier molecular flexibility index (Phi) is 4.18. The fourth-order valence-electron chi connectivity index (χ4n) is 1.48. The van der Waals surface area contributed by atoms with Crippen LogP contribution in [0.1, 0.15) is 5.89 Å². The van der Waals surface area contributed by atoms with Gasteiger partial charge in [0, 0.05) is 0 Å². The normalized spacial score (nSPS) is 10.5. The molecule has 0 aliphatic heterocycles. The summed E-state index contributed by atoms with van der Waals surface area (Å²) in [5.41, 5.74) is -0.560. The Bertz CT molecular complexity index is 686. The molecular weight excluding hydrogens is 289 g/mol. The minimum absolute atomic E-state index is 0.0432. The number of carbonyl (C=O) groups is 1. The zero-order chi connectivity index (χ0) is 15.4. The highest BCUT2D eigenvalue weighted by Gasteiger charge is 2.21. The van der Waals surface area contributed by atoms with Gasteiger partial charge in [0.05, 0.1) is 11.0 Å². The van der Waals surface area contributed by atoms with Crippen LogP contribution in [-0.4, -0.2) is 32.8 Å². The fourth-order valence-corrected chi connectivity index (χ4v) is 1.48. The van der Waals surface area contributed by atoms with E-state index >= 15 is 0 Å². The molecule has 0 fully saturated rings. The molecule has 0 saturated heterocycles. The van der Waals surface area contributed by atoms with Gasteiger partial charge in [-0.3, -0.25) is 10.1 Å². The molecule has 2 aromatic rings. The molecule has 0 spiro atoms. The van der Waals surface area contributed by atoms with E-state index in [4.69, 9.17) is 14.3 Å². The van der Waals surface area contributed by atoms with Crippen molar-refractivity contribution < 1.29 is 28.4 Å². The highest BCUT2D eigenvalue weighted by molar-refractivity contribution is 5.68. The number of benzene rings is 1. The van der Waals surface area contributed by atoms with Gasteiger partial charge in [0.2, 0.25) is 5.89 Å². The van der Waals surface area contributed by atoms with Crippen LogP contribution in [0.25, 0.3) is 11.5 Å². The maximum atomic E-state index is 13.0. The van der Waals surface area contributed by atoms with Gasteiger partial charge in [0.25, 0.3) is 11.6 Å². The van der Waals surface area contributed by atoms with Crippen molar-refractivity contribution in [2.45, 2.75) is 6.61 Å². The number of nitro benzene ring substituents is 1. The Morgan fingerprint density at radius 1 is 1.48 bits per heavy atom. The van der Waals surface area contributed by atoms with Crippen LogP contribution in [0, 0.1) is 15.9 Å². The summed E-state index contributed by atoms with van der Waals surface area (Å²) in [6.07, 6.45) is 0. The van der Waals surface area contributed by atoms with Gasteiger partial charge < -0.3 is 14.3 Å². The van der Waals surface area contributed by atoms with Crippen molar-refractivity contribution in [2.24, 2.45) is 0 Å². The van der Waals surface area contributed by atoms with Crippen molar-refractivity contribution in [3.63, 3.8) is 0 Å². The van der Waals surface area contributed by atoms with Gasteiger partial charge in [-0.15, -0.1) is 10.2 Å². The molecule has 2 rings (SSSR count). The Hall–Kier alpha value is -2.88. The number of nitro groups is 1. The molecule has 21 heavy (non-hydrogen) atoms. The molecule has 0 amide bonds. The minimum atomic E-state index is -1.16. The number of rotatable bonds is 6. The topological polar surface area (TPSA) is 129 Å². The third-order valence-corrected chi connectivity index (χ3v) is 2.30. The SMILES string of the molecule is O=C(O)COCc1nnc(-c2ccc(F)cc2[N+](=O)[O-])o1. The lowest BCUT2D eigenvalue weighted by Crippen LogP contribution is -2.06. The van der Waals surface area contributed by atoms with Gasteiger partial charge in [-0.1, -0.05) is 0 Å². The summed E-state index contributed by atoms with van der Waals surface area (Å²) >= 11 is 0. The maximum absolute atomic E-state index is 13.0. The quantitative estimate of drug-likeness (QED) is 0.625. The first-order chi connectivity index (χ1) is 9.97. The summed E-state index contributed by atoms with van der Waals surface area (Å²) in [7, 11) is 0. The van der Waals surface area contributed by atoms with Crippen molar-refractivity contribution >= 4 is 11.7 Å². The van der Waals surface area contributed by atoms with Gasteiger partial charge in [-0.2, -0.15) is 0 Å². The molecular formula is C11H8FN3O6. The number of ether oxygens (including phenoxy) is 1. The standard InChI is InChI=1S/C11H8FN3O6/c12-6-1-2-7(8(3-6)15(18)19)11-14-13-9(21-11)4-20-5-10(16)17/h1-3H,4-5H2,(H,16,17). The first-order valence-corrected chi connectivity index (χ1v) is 5.53. The van der Waals surface area contributed by atoms with E-state index in [0.29, 0.717) is 0 Å². The lowest BCUT2D eigenvalue weighted by atomic mass is 10.2. The van der Waals surface area contributed by atoms with Crippen molar-refractivity contribution in [3.05, 3.63) is 40.0 Å². The van der Waals surface area contributed by atoms with E-state index < -0.39 is 29.0 Å². The van der Waals surface area contributed by atoms with Gasteiger partial charge in [-0.25, -0.2) is 9.18 Å². The second-order valence-corrected chi connectivity index (χ2v) is 3.81. The predicted octanol–water partition coefficient (Wildman–Crippen LogP) is 1.39. The van der Waals surface area contributed by atoms with E-state index in [9.17, 15) is 19.3 Å². The average Bonchev–Trinajstić information content (AvgIpc) is 2.86. The van der Waals surface area contributed by atoms with E-state index in [1.54, 1.807) is 0 Å². The summed E-state index contributed by atoms with van der Waals surface area (Å²) < 4.78 is 22.9. The molecule has 1 N–H and O–H groups in total. The number of nitrogens with zero attached hydrogens (tertiary/aromatic N) is 3. The smallest absolute Gasteiger partial charge is 0.329 e. The number of hydrogen-bond acceptors (Lipinski definition) is 7. The molecule has 110 valence electrons. The molecule has 10 heteroatoms. The second-order valence-electron chi connectivity index (χ2n) is 3.81. The zero-order valence-electron chi connectivity index (χ0n) is 10.4. The van der Waals surface area contributed by atoms with Crippen molar-refractivity contribution in [2.75, 3.05) is 6.61 Å². The summed E-state index contributed by atoms with van der Waals surface area (Å²) in [6, 6.07) is 2.90. The van der Waals surface area contributed by atoms with Crippen LogP contribution in [0.3, 0.4) is 0 Å². The van der Waals surface area contributed by atoms with Gasteiger partial charge in [0.1, 0.15) is 24.6 Å². The number of hydrogen-bond donors (Lipinski definition) is 1. The number of carboxylic acids is 1. The van der Waals surface area contributed by atoms with Crippen LogP contribution in [0.4, 0.5) is 10.1 Å². The average molecular weight is 297 g/mol. The zero-order valence-corrected chi connectivity index (χ0v) is 10.4. The molecule has 0 unspecified atom stereocenters. The van der Waals surface area contributed by atoms with E-state index in [1.165, 1.54) is 0 Å². The fraction of sp³-hybridized carbons (Fsp3) is 0.182. The number of halogens is 1. The molecule has 1 heterocycles. The van der Waals surface area contributed by atoms with E-state index in [-0.39, 0.29) is 24.0 Å². The molecule has 9 nitrogen and oxygen atoms in total. The molecule has 0 radical (unpaired) electrons. The highest BCUT2D eigenvalue weighted by Crippen LogP contribution is 2.29. The first-order valence-electron chi connectivity index (χ1n) is 5.53. The molecule has 0 aliphatic rings. The largest absolute Gasteiger partial charge is 0.480 e. The Balaban J connectivity index is 2.21. The lowest BCUT2D eigenvalue weighted by molar-refractivity contribution is -0.384. The second kappa shape index (κ2) is 6.05. The Labute approximate surface area is 116 Å². The van der Waals surface area contributed by atoms with Crippen molar-refractivity contribution in [1.29, 1.82) is 0 Å². The summed E-state index contributed by atoms with van der Waals surface area (Å²) in [6.45, 7) is -0.803. The van der Waals surface area contributed by atoms with Crippen molar-refractivity contribution in [3.8, 4) is 11.5 Å². The molecule has 1 aromatic carbocycles. The third kappa shape index (κ3) is 3.57. The highest BCUT2D eigenvalue weighted by atomic mass is 19.1. The summed E-state index contributed by atoms with van der Waals surface area (Å²) in [5.74, 6) is -2.17. The molecule has 0 saturated carbocycles. The first kappa shape index (κ1) is 14.5. The molecule has 0 aliphatic carbocycles. The van der Waals surface area contributed by atoms with Crippen LogP contribution >= 0.6 is 0 Å². The molecule has 1 aromatic heterocycles. The van der Waals surface area contributed by atoms with Gasteiger partial charge in [0.15, 0.2) is 0 Å². The number of aromatic nitrogens is 2. The maximum Gasteiger partial charge on any atom is 0.329 e. The van der Waals surface area contributed by atoms with Gasteiger partial charge >= 0.3 is 5.97 Å². The van der Waals surface area contributed by atoms with Crippen molar-refractivity contribution in [1.82, 2.24) is 10.2 Å². The summed E-state index contributed by atoms with van der Waals surface area (Å²) in [4.78, 5) is 20.4. The third-order valence-electron chi connectivity index (χ3n) is 2.30. The van der Waals surface area contributed by atoms with Crippen LogP contribution < -0.4 is 0 Å². The minimum Gasteiger partial charge on any atom is -0.480 e. The van der Waals surface area contributed by atoms with E-state index in [1.807, 2.05) is 0 Å². The van der Waals surface area contributed by atoms with Gasteiger partial charge in [-0.05, 0) is 12.1 Å². The summed E-state index contributed by atoms with van der Waals surface area (Å²) in [5, 5.41) is 26.4. The number of carboxylic acid groups (broad SMARTS) is 1. The predicted molar refractivity (Wildman–Crippen MR) is 63.6 cm³/mol. The van der Waals surface area contributed by atoms with Crippen LogP contribution in [0.5, 0.6) is 0 Å². The van der Waals surface area contributed by atoms with E-state index in [2.05, 4.69) is 10.2 Å². The van der Waals surface area contributed by atoms with Crippen LogP contribution in [0.15, 0.2) is 22.6 Å². The lowest BCUT2D eigenvalue weighted by Gasteiger charge is -1.98. The van der Waals surface area contributed by atoms with Crippen LogP contribution in [0.2, 0.25) is 0 Å². The number of aliphatic carboxylic acids is 1. The molecule has 0 atom stereocenters. The van der Waals surface area contributed by atoms with Crippen LogP contribution in [-0.2, 0) is 16.1 Å². The monoisotopic (exact) mass is 297 g/mol. The van der Waals surface area contributed by atoms with E-state index in [0.717, 1.165) is 18.2 Å².